The van der Waals surface area contributed by atoms with Crippen LogP contribution < -0.4 is 10.6 Å². The summed E-state index contributed by atoms with van der Waals surface area (Å²) < 4.78 is 96.4. The number of carbonyl (C=O) groups excluding carboxylic acids is 1. The molecule has 3 fully saturated rings. The third-order valence-electron chi connectivity index (χ3n) is 9.56. The van der Waals surface area contributed by atoms with E-state index in [1.165, 1.54) is 15.6 Å². The number of aryl methyl sites for hydroxylation is 2. The highest BCUT2D eigenvalue weighted by molar-refractivity contribution is 7.79. The van der Waals surface area contributed by atoms with Crippen molar-refractivity contribution >= 4 is 69.6 Å². The van der Waals surface area contributed by atoms with Crippen molar-refractivity contribution in [2.45, 2.75) is 74.9 Å². The molecule has 23 heteroatoms. The van der Waals surface area contributed by atoms with Crippen molar-refractivity contribution in [3.63, 3.8) is 0 Å². The van der Waals surface area contributed by atoms with Crippen molar-refractivity contribution < 1.29 is 50.3 Å². The lowest BCUT2D eigenvalue weighted by atomic mass is 10.1. The molecule has 5 aliphatic rings. The van der Waals surface area contributed by atoms with Crippen LogP contribution in [0, 0.1) is 0 Å². The Kier molecular flexibility index (Phi) is 8.16. The molecule has 2 N–H and O–H groups in total. The SMILES string of the molecule is [B]P1(=O)OC[C@H]2O[C@@H](n3cc4c5c(ncnc53)NC(=O)CC4)C(F)[C@H]2OP([B])(=O)OC[C@H]2O[C@@H](n3nc4c5c(ccnc53)NCCC4)[C@@H](F)C2O1. The third-order valence-corrected chi connectivity index (χ3v) is 11.7. The summed E-state index contributed by atoms with van der Waals surface area (Å²) in [6, 6.07) is 1.79. The molecular formula is C28H28B2F2N8O9P2. The number of halogens is 2. The quantitative estimate of drug-likeness (QED) is 0.225. The standard InChI is InChI=1S/C28H28B2F2N8O9P2/c29-50(42)45-10-16-23(21(32)28(47-16)40-26-19-13(5-7-34-26)33-6-1-2-14(19)38-40)49-51(30,43)44-9-15-22(48-50)20(31)27(46-15)39-8-12-3-4-17(41)37-24-18(12)25(39)36-11-35-24/h5,7-8,11,15-16,20-23,27-28,33H,1-4,6,9-10H2,(H,35,36,37,41)/t15-,16-,20?,21+,22+,23?,27-,28-,50?,51?/m1/s1. The average Bonchev–Trinajstić information content (AvgIpc) is 3.74. The predicted molar refractivity (Wildman–Crippen MR) is 175 cm³/mol. The van der Waals surface area contributed by atoms with Gasteiger partial charge in [-0.05, 0) is 30.9 Å². The Hall–Kier alpha value is -3.28. The molecule has 4 aromatic heterocycles. The second kappa shape index (κ2) is 12.4. The van der Waals surface area contributed by atoms with Crippen LogP contribution in [0.3, 0.4) is 0 Å². The fraction of sp³-hybridized carbons (Fsp3) is 0.536. The molecule has 10 atom stereocenters. The van der Waals surface area contributed by atoms with Gasteiger partial charge in [0.15, 0.2) is 30.4 Å². The Balaban J connectivity index is 1.00. The van der Waals surface area contributed by atoms with Crippen LogP contribution in [0.4, 0.5) is 20.3 Å². The van der Waals surface area contributed by atoms with Gasteiger partial charge in [0.05, 0.1) is 29.7 Å². The number of anilines is 2. The lowest BCUT2D eigenvalue weighted by Crippen LogP contribution is -2.37. The van der Waals surface area contributed by atoms with Crippen LogP contribution in [-0.4, -0.2) is 107 Å². The monoisotopic (exact) mass is 742 g/mol. The summed E-state index contributed by atoms with van der Waals surface area (Å²) in [5.41, 5.74) is 2.71. The summed E-state index contributed by atoms with van der Waals surface area (Å²) in [6.45, 7) is -0.679. The van der Waals surface area contributed by atoms with E-state index in [2.05, 4.69) is 30.7 Å². The van der Waals surface area contributed by atoms with Crippen LogP contribution in [0.2, 0.25) is 0 Å². The summed E-state index contributed by atoms with van der Waals surface area (Å²) in [6.07, 6.45) is -7.01. The molecule has 9 rings (SSSR count). The lowest BCUT2D eigenvalue weighted by Gasteiger charge is -2.29. The number of alkyl halides is 2. The highest BCUT2D eigenvalue weighted by Crippen LogP contribution is 2.54. The Morgan fingerprint density at radius 3 is 2.33 bits per heavy atom. The molecule has 0 saturated carbocycles. The number of amides is 1. The molecule has 17 nitrogen and oxygen atoms in total. The fourth-order valence-corrected chi connectivity index (χ4v) is 9.30. The lowest BCUT2D eigenvalue weighted by molar-refractivity contribution is -0.116. The topological polar surface area (TPSA) is 192 Å². The minimum atomic E-state index is -4.62. The molecule has 4 radical (unpaired) electrons. The number of pyridine rings is 1. The number of aromatic nitrogens is 6. The summed E-state index contributed by atoms with van der Waals surface area (Å²) in [5.74, 6) is 0.0203. The zero-order valence-corrected chi connectivity index (χ0v) is 28.3. The first kappa shape index (κ1) is 33.5. The largest absolute Gasteiger partial charge is 0.384 e. The van der Waals surface area contributed by atoms with E-state index in [0.29, 0.717) is 40.5 Å². The van der Waals surface area contributed by atoms with Crippen molar-refractivity contribution in [1.29, 1.82) is 0 Å². The predicted octanol–water partition coefficient (Wildman–Crippen LogP) is 2.96. The van der Waals surface area contributed by atoms with Crippen molar-refractivity contribution in [1.82, 2.24) is 29.3 Å². The van der Waals surface area contributed by atoms with Crippen molar-refractivity contribution in [2.75, 3.05) is 30.4 Å². The second-order valence-electron chi connectivity index (χ2n) is 12.8. The highest BCUT2D eigenvalue weighted by Gasteiger charge is 2.54. The number of rotatable bonds is 2. The molecule has 5 aliphatic heterocycles. The van der Waals surface area contributed by atoms with E-state index < -0.39 is 77.4 Å². The first-order valence-electron chi connectivity index (χ1n) is 16.2. The Labute approximate surface area is 290 Å². The normalized spacial score (nSPS) is 37.0. The molecule has 1 amide bonds. The molecule has 0 bridgehead atoms. The van der Waals surface area contributed by atoms with Gasteiger partial charge in [0.2, 0.25) is 21.0 Å². The molecule has 0 spiro atoms. The first-order chi connectivity index (χ1) is 24.5. The van der Waals surface area contributed by atoms with Gasteiger partial charge in [0.1, 0.15) is 42.2 Å². The maximum atomic E-state index is 16.4. The van der Waals surface area contributed by atoms with Crippen LogP contribution in [0.15, 0.2) is 24.8 Å². The van der Waals surface area contributed by atoms with Crippen LogP contribution in [-0.2, 0) is 54.3 Å². The van der Waals surface area contributed by atoms with E-state index in [1.807, 2.05) is 0 Å². The number of carbonyl (C=O) groups is 1. The van der Waals surface area contributed by atoms with E-state index in [-0.39, 0.29) is 23.8 Å². The van der Waals surface area contributed by atoms with Crippen molar-refractivity contribution in [2.24, 2.45) is 0 Å². The summed E-state index contributed by atoms with van der Waals surface area (Å²) in [4.78, 5) is 25.0. The zero-order valence-electron chi connectivity index (χ0n) is 26.5. The number of hydrogen-bond donors (Lipinski definition) is 2. The number of nitrogens with zero attached hydrogens (tertiary/aromatic N) is 6. The molecule has 4 aromatic rings. The Bertz CT molecular complexity index is 2160. The van der Waals surface area contributed by atoms with Gasteiger partial charge >= 0.3 is 0 Å². The smallest absolute Gasteiger partial charge is 0.264 e. The van der Waals surface area contributed by atoms with E-state index in [9.17, 15) is 13.9 Å². The van der Waals surface area contributed by atoms with Crippen molar-refractivity contribution in [3.8, 4) is 0 Å². The van der Waals surface area contributed by atoms with Gasteiger partial charge in [-0.2, -0.15) is 5.10 Å². The molecule has 0 aromatic carbocycles. The van der Waals surface area contributed by atoms with Gasteiger partial charge in [-0.15, -0.1) is 0 Å². The minimum Gasteiger partial charge on any atom is -0.384 e. The fourth-order valence-electron chi connectivity index (χ4n) is 7.28. The maximum Gasteiger partial charge on any atom is 0.264 e. The van der Waals surface area contributed by atoms with Gasteiger partial charge < -0.3 is 42.8 Å². The Morgan fingerprint density at radius 2 is 1.59 bits per heavy atom. The molecule has 3 saturated heterocycles. The third kappa shape index (κ3) is 5.82. The van der Waals surface area contributed by atoms with Gasteiger partial charge in [0.25, 0.3) is 14.9 Å². The number of nitrogens with one attached hydrogen (secondary N) is 2. The molecule has 9 heterocycles. The molecule has 51 heavy (non-hydrogen) atoms. The number of fused-ring (bicyclic) bond motifs is 2. The highest BCUT2D eigenvalue weighted by atomic mass is 31.2. The number of hydrogen-bond acceptors (Lipinski definition) is 14. The molecular weight excluding hydrogens is 714 g/mol. The number of ether oxygens (including phenoxy) is 2. The summed E-state index contributed by atoms with van der Waals surface area (Å²) >= 11 is 0. The maximum absolute atomic E-state index is 16.4. The Morgan fingerprint density at radius 1 is 0.882 bits per heavy atom. The minimum absolute atomic E-state index is 0.156. The second-order valence-corrected chi connectivity index (χ2v) is 15.9. The summed E-state index contributed by atoms with van der Waals surface area (Å²) in [5, 5.41) is 11.8. The summed E-state index contributed by atoms with van der Waals surface area (Å²) in [7, 11) is 2.69. The molecule has 4 unspecified atom stereocenters. The molecule has 0 aliphatic carbocycles. The van der Waals surface area contributed by atoms with Crippen LogP contribution in [0.1, 0.15) is 36.6 Å². The van der Waals surface area contributed by atoms with Crippen LogP contribution in [0.5, 0.6) is 0 Å². The van der Waals surface area contributed by atoms with Crippen molar-refractivity contribution in [3.05, 3.63) is 36.0 Å². The zero-order chi connectivity index (χ0) is 35.2. The first-order valence-corrected chi connectivity index (χ1v) is 19.4. The van der Waals surface area contributed by atoms with E-state index in [4.69, 9.17) is 42.7 Å². The van der Waals surface area contributed by atoms with Gasteiger partial charge in [-0.3, -0.25) is 13.9 Å². The van der Waals surface area contributed by atoms with E-state index in [0.717, 1.165) is 18.7 Å². The van der Waals surface area contributed by atoms with E-state index in [1.54, 1.807) is 18.5 Å². The van der Waals surface area contributed by atoms with Gasteiger partial charge in [0, 0.05) is 31.0 Å². The average molecular weight is 742 g/mol. The van der Waals surface area contributed by atoms with E-state index >= 15 is 8.78 Å². The van der Waals surface area contributed by atoms with Crippen LogP contribution in [0.25, 0.3) is 22.1 Å². The molecule has 264 valence electrons. The van der Waals surface area contributed by atoms with Gasteiger partial charge in [-0.25, -0.2) is 28.4 Å². The van der Waals surface area contributed by atoms with Gasteiger partial charge in [-0.1, -0.05) is 0 Å². The van der Waals surface area contributed by atoms with Crippen LogP contribution >= 0.6 is 14.9 Å².